The highest BCUT2D eigenvalue weighted by atomic mass is 32.1. The predicted molar refractivity (Wildman–Crippen MR) is 99.9 cm³/mol. The van der Waals surface area contributed by atoms with Gasteiger partial charge in [0.05, 0.1) is 6.42 Å². The summed E-state index contributed by atoms with van der Waals surface area (Å²) in [5.74, 6) is -0.112. The Hall–Kier alpha value is -2.20. The standard InChI is InChI=1S/C19H22N2OS/c1-12-9-14(3)18(15(4)10-12)21-19(23)20-17(22)11-16-8-6-5-7-13(16)2/h5-10H,11H2,1-4H3,(H2,20,21,22,23). The maximum absolute atomic E-state index is 12.2. The van der Waals surface area contributed by atoms with Gasteiger partial charge >= 0.3 is 0 Å². The van der Waals surface area contributed by atoms with Crippen LogP contribution in [0.25, 0.3) is 0 Å². The Morgan fingerprint density at radius 3 is 2.22 bits per heavy atom. The van der Waals surface area contributed by atoms with Gasteiger partial charge in [-0.2, -0.15) is 0 Å². The fourth-order valence-electron chi connectivity index (χ4n) is 2.67. The van der Waals surface area contributed by atoms with Gasteiger partial charge < -0.3 is 10.6 Å². The monoisotopic (exact) mass is 326 g/mol. The van der Waals surface area contributed by atoms with Gasteiger partial charge in [-0.15, -0.1) is 0 Å². The molecule has 0 atom stereocenters. The molecule has 0 spiro atoms. The van der Waals surface area contributed by atoms with Gasteiger partial charge in [-0.3, -0.25) is 4.79 Å². The molecule has 0 fully saturated rings. The zero-order valence-corrected chi connectivity index (χ0v) is 14.8. The molecule has 0 aliphatic rings. The molecule has 23 heavy (non-hydrogen) atoms. The van der Waals surface area contributed by atoms with Crippen LogP contribution in [0.3, 0.4) is 0 Å². The van der Waals surface area contributed by atoms with Crippen molar-refractivity contribution in [2.24, 2.45) is 0 Å². The average molecular weight is 326 g/mol. The molecule has 0 heterocycles. The molecule has 2 aromatic carbocycles. The van der Waals surface area contributed by atoms with Gasteiger partial charge in [0.1, 0.15) is 0 Å². The van der Waals surface area contributed by atoms with Crippen molar-refractivity contribution >= 4 is 28.9 Å². The van der Waals surface area contributed by atoms with Crippen molar-refractivity contribution in [2.75, 3.05) is 5.32 Å². The van der Waals surface area contributed by atoms with Gasteiger partial charge in [-0.25, -0.2) is 0 Å². The van der Waals surface area contributed by atoms with E-state index < -0.39 is 0 Å². The van der Waals surface area contributed by atoms with Crippen molar-refractivity contribution in [3.63, 3.8) is 0 Å². The van der Waals surface area contributed by atoms with Gasteiger partial charge in [0.15, 0.2) is 5.11 Å². The smallest absolute Gasteiger partial charge is 0.230 e. The molecule has 0 saturated carbocycles. The number of carbonyl (C=O) groups is 1. The van der Waals surface area contributed by atoms with E-state index >= 15 is 0 Å². The normalized spacial score (nSPS) is 10.3. The summed E-state index contributed by atoms with van der Waals surface area (Å²) in [6.07, 6.45) is 0.320. The largest absolute Gasteiger partial charge is 0.332 e. The summed E-state index contributed by atoms with van der Waals surface area (Å²) in [7, 11) is 0. The zero-order chi connectivity index (χ0) is 17.0. The third-order valence-corrected chi connectivity index (χ3v) is 3.98. The first-order valence-corrected chi connectivity index (χ1v) is 8.01. The molecule has 0 radical (unpaired) electrons. The van der Waals surface area contributed by atoms with Crippen molar-refractivity contribution in [3.05, 3.63) is 64.2 Å². The quantitative estimate of drug-likeness (QED) is 0.838. The first-order valence-electron chi connectivity index (χ1n) is 7.60. The maximum atomic E-state index is 12.2. The van der Waals surface area contributed by atoms with Crippen molar-refractivity contribution < 1.29 is 4.79 Å². The second kappa shape index (κ2) is 7.38. The summed E-state index contributed by atoms with van der Waals surface area (Å²) in [4.78, 5) is 12.2. The molecule has 0 aliphatic carbocycles. The number of benzene rings is 2. The minimum atomic E-state index is -0.112. The summed E-state index contributed by atoms with van der Waals surface area (Å²) < 4.78 is 0. The fourth-order valence-corrected chi connectivity index (χ4v) is 2.89. The topological polar surface area (TPSA) is 41.1 Å². The van der Waals surface area contributed by atoms with Crippen molar-refractivity contribution in [1.82, 2.24) is 5.32 Å². The van der Waals surface area contributed by atoms with Crippen LogP contribution in [-0.2, 0) is 11.2 Å². The highest BCUT2D eigenvalue weighted by Gasteiger charge is 2.10. The Balaban J connectivity index is 2.00. The van der Waals surface area contributed by atoms with Crippen molar-refractivity contribution in [3.8, 4) is 0 Å². The first-order chi connectivity index (χ1) is 10.9. The first kappa shape index (κ1) is 17.2. The number of aryl methyl sites for hydroxylation is 4. The maximum Gasteiger partial charge on any atom is 0.230 e. The lowest BCUT2D eigenvalue weighted by molar-refractivity contribution is -0.119. The number of hydrogen-bond donors (Lipinski definition) is 2. The van der Waals surface area contributed by atoms with E-state index in [1.54, 1.807) is 0 Å². The Bertz CT molecular complexity index is 730. The lowest BCUT2D eigenvalue weighted by Crippen LogP contribution is -2.35. The third-order valence-electron chi connectivity index (χ3n) is 3.78. The highest BCUT2D eigenvalue weighted by Crippen LogP contribution is 2.21. The minimum absolute atomic E-state index is 0.112. The van der Waals surface area contributed by atoms with Crippen LogP contribution in [0.5, 0.6) is 0 Å². The number of carbonyl (C=O) groups excluding carboxylic acids is 1. The summed E-state index contributed by atoms with van der Waals surface area (Å²) in [6.45, 7) is 8.12. The number of thiocarbonyl (C=S) groups is 1. The second-order valence-corrected chi connectivity index (χ2v) is 6.29. The van der Waals surface area contributed by atoms with Crippen LogP contribution in [0.1, 0.15) is 27.8 Å². The molecule has 3 nitrogen and oxygen atoms in total. The Kier molecular flexibility index (Phi) is 5.50. The van der Waals surface area contributed by atoms with Crippen LogP contribution in [0, 0.1) is 27.7 Å². The van der Waals surface area contributed by atoms with Crippen LogP contribution < -0.4 is 10.6 Å². The third kappa shape index (κ3) is 4.63. The van der Waals surface area contributed by atoms with E-state index in [0.717, 1.165) is 27.9 Å². The molecule has 0 aliphatic heterocycles. The number of nitrogens with one attached hydrogen (secondary N) is 2. The van der Waals surface area contributed by atoms with Gasteiger partial charge in [0.25, 0.3) is 0 Å². The fraction of sp³-hybridized carbons (Fsp3) is 0.263. The Morgan fingerprint density at radius 2 is 1.61 bits per heavy atom. The molecule has 2 N–H and O–H groups in total. The van der Waals surface area contributed by atoms with Crippen LogP contribution >= 0.6 is 12.2 Å². The molecule has 4 heteroatoms. The van der Waals surface area contributed by atoms with E-state index in [-0.39, 0.29) is 5.91 Å². The van der Waals surface area contributed by atoms with Gasteiger partial charge in [-0.05, 0) is 62.2 Å². The summed E-state index contributed by atoms with van der Waals surface area (Å²) in [5, 5.41) is 6.22. The minimum Gasteiger partial charge on any atom is -0.332 e. The number of amides is 1. The lowest BCUT2D eigenvalue weighted by Gasteiger charge is -2.15. The van der Waals surface area contributed by atoms with Gasteiger partial charge in [0.2, 0.25) is 5.91 Å². The molecular formula is C19H22N2OS. The van der Waals surface area contributed by atoms with Crippen molar-refractivity contribution in [2.45, 2.75) is 34.1 Å². The van der Waals surface area contributed by atoms with Crippen LogP contribution in [0.2, 0.25) is 0 Å². The lowest BCUT2D eigenvalue weighted by atomic mass is 10.1. The van der Waals surface area contributed by atoms with Crippen LogP contribution in [0.15, 0.2) is 36.4 Å². The number of rotatable bonds is 3. The Morgan fingerprint density at radius 1 is 1.00 bits per heavy atom. The summed E-state index contributed by atoms with van der Waals surface area (Å²) >= 11 is 5.27. The van der Waals surface area contributed by atoms with Crippen LogP contribution in [0.4, 0.5) is 5.69 Å². The number of hydrogen-bond acceptors (Lipinski definition) is 2. The van der Waals surface area contributed by atoms with E-state index in [2.05, 4.69) is 29.7 Å². The molecule has 0 aromatic heterocycles. The van der Waals surface area contributed by atoms with E-state index in [4.69, 9.17) is 12.2 Å². The molecule has 1 amide bonds. The van der Waals surface area contributed by atoms with Crippen molar-refractivity contribution in [1.29, 1.82) is 0 Å². The predicted octanol–water partition coefficient (Wildman–Crippen LogP) is 3.98. The average Bonchev–Trinajstić information content (AvgIpc) is 2.45. The molecule has 2 aromatic rings. The summed E-state index contributed by atoms with van der Waals surface area (Å²) in [5.41, 5.74) is 6.50. The molecule has 2 rings (SSSR count). The molecular weight excluding hydrogens is 304 g/mol. The van der Waals surface area contributed by atoms with E-state index in [1.165, 1.54) is 5.56 Å². The van der Waals surface area contributed by atoms with Gasteiger partial charge in [0, 0.05) is 5.69 Å². The Labute approximate surface area is 143 Å². The molecule has 120 valence electrons. The van der Waals surface area contributed by atoms with Crippen LogP contribution in [-0.4, -0.2) is 11.0 Å². The molecule has 0 saturated heterocycles. The molecule has 0 unspecified atom stereocenters. The van der Waals surface area contributed by atoms with Gasteiger partial charge in [-0.1, -0.05) is 42.0 Å². The summed E-state index contributed by atoms with van der Waals surface area (Å²) in [6, 6.07) is 12.0. The SMILES string of the molecule is Cc1cc(C)c(NC(=S)NC(=O)Cc2ccccc2C)c(C)c1. The number of anilines is 1. The molecule has 0 bridgehead atoms. The van der Waals surface area contributed by atoms with E-state index in [1.807, 2.05) is 45.0 Å². The second-order valence-electron chi connectivity index (χ2n) is 5.88. The van der Waals surface area contributed by atoms with E-state index in [9.17, 15) is 4.79 Å². The van der Waals surface area contributed by atoms with E-state index in [0.29, 0.717) is 11.5 Å². The zero-order valence-electron chi connectivity index (χ0n) is 14.0. The highest BCUT2D eigenvalue weighted by molar-refractivity contribution is 7.80.